The second-order valence-corrected chi connectivity index (χ2v) is 6.43. The summed E-state index contributed by atoms with van der Waals surface area (Å²) in [4.78, 5) is 23.4. The van der Waals surface area contributed by atoms with Crippen LogP contribution in [0.4, 0.5) is 0 Å². The summed E-state index contributed by atoms with van der Waals surface area (Å²) in [7, 11) is 0. The zero-order valence-corrected chi connectivity index (χ0v) is 14.9. The fourth-order valence-corrected chi connectivity index (χ4v) is 1.81. The number of nitriles is 1. The Morgan fingerprint density at radius 3 is 2.52 bits per heavy atom. The van der Waals surface area contributed by atoms with Gasteiger partial charge in [-0.2, -0.15) is 5.26 Å². The second-order valence-electron chi connectivity index (χ2n) is 5.51. The van der Waals surface area contributed by atoms with Crippen LogP contribution in [-0.2, 0) is 14.3 Å². The van der Waals surface area contributed by atoms with Gasteiger partial charge in [-0.05, 0) is 36.6 Å². The topological polar surface area (TPSA) is 79.2 Å². The fourth-order valence-electron chi connectivity index (χ4n) is 1.55. The Labute approximate surface area is 144 Å². The number of esters is 1. The molecule has 0 radical (unpaired) electrons. The van der Waals surface area contributed by atoms with E-state index >= 15 is 0 Å². The van der Waals surface area contributed by atoms with Gasteiger partial charge in [-0.3, -0.25) is 4.79 Å². The van der Waals surface area contributed by atoms with Crippen LogP contribution in [0.3, 0.4) is 0 Å². The van der Waals surface area contributed by atoms with E-state index in [9.17, 15) is 9.59 Å². The maximum atomic E-state index is 11.8. The average molecular weight is 379 g/mol. The standard InChI is InChI=1S/C17H19BrN2O3/c1-12(2)17(3,11-19)20-15(21)10-23-16(22)9-6-13-4-7-14(18)8-5-13/h4-9,12H,10H2,1-3H3,(H,20,21)/b9-6+/t17-/m0/s1. The Morgan fingerprint density at radius 2 is 2.00 bits per heavy atom. The first-order valence-electron chi connectivity index (χ1n) is 7.09. The van der Waals surface area contributed by atoms with Crippen LogP contribution in [-0.4, -0.2) is 24.0 Å². The predicted molar refractivity (Wildman–Crippen MR) is 91.1 cm³/mol. The third-order valence-electron chi connectivity index (χ3n) is 3.41. The quantitative estimate of drug-likeness (QED) is 0.609. The molecule has 0 bridgehead atoms. The van der Waals surface area contributed by atoms with E-state index in [1.54, 1.807) is 13.0 Å². The highest BCUT2D eigenvalue weighted by Crippen LogP contribution is 2.15. The molecule has 0 fully saturated rings. The number of rotatable bonds is 6. The van der Waals surface area contributed by atoms with Gasteiger partial charge in [0.1, 0.15) is 5.54 Å². The molecule has 0 aliphatic heterocycles. The van der Waals surface area contributed by atoms with Gasteiger partial charge in [-0.1, -0.05) is 41.9 Å². The van der Waals surface area contributed by atoms with Crippen LogP contribution in [0.1, 0.15) is 26.3 Å². The lowest BCUT2D eigenvalue weighted by atomic mass is 9.90. The molecule has 0 heterocycles. The maximum Gasteiger partial charge on any atom is 0.331 e. The van der Waals surface area contributed by atoms with Crippen molar-refractivity contribution in [2.24, 2.45) is 5.92 Å². The minimum absolute atomic E-state index is 0.0653. The second kappa shape index (κ2) is 8.49. The monoisotopic (exact) mass is 378 g/mol. The zero-order valence-electron chi connectivity index (χ0n) is 13.3. The molecule has 1 N–H and O–H groups in total. The van der Waals surface area contributed by atoms with E-state index < -0.39 is 24.0 Å². The van der Waals surface area contributed by atoms with E-state index in [1.807, 2.05) is 38.1 Å². The van der Waals surface area contributed by atoms with Crippen molar-refractivity contribution < 1.29 is 14.3 Å². The molecule has 1 aromatic rings. The normalized spacial score (nSPS) is 13.4. The van der Waals surface area contributed by atoms with Gasteiger partial charge < -0.3 is 10.1 Å². The van der Waals surface area contributed by atoms with Gasteiger partial charge in [-0.15, -0.1) is 0 Å². The van der Waals surface area contributed by atoms with Gasteiger partial charge >= 0.3 is 5.97 Å². The number of ether oxygens (including phenoxy) is 1. The zero-order chi connectivity index (χ0) is 17.5. The molecule has 0 saturated carbocycles. The van der Waals surface area contributed by atoms with Crippen molar-refractivity contribution >= 4 is 33.9 Å². The van der Waals surface area contributed by atoms with Crippen molar-refractivity contribution in [3.05, 3.63) is 40.4 Å². The van der Waals surface area contributed by atoms with Gasteiger partial charge in [0, 0.05) is 10.5 Å². The van der Waals surface area contributed by atoms with E-state index in [1.165, 1.54) is 6.08 Å². The fraction of sp³-hybridized carbons (Fsp3) is 0.353. The molecule has 0 aliphatic rings. The van der Waals surface area contributed by atoms with Crippen molar-refractivity contribution in [1.82, 2.24) is 5.32 Å². The number of amides is 1. The van der Waals surface area contributed by atoms with E-state index in [-0.39, 0.29) is 5.92 Å². The van der Waals surface area contributed by atoms with Crippen molar-refractivity contribution in [3.63, 3.8) is 0 Å². The third-order valence-corrected chi connectivity index (χ3v) is 3.94. The molecule has 122 valence electrons. The Bertz CT molecular complexity index is 632. The van der Waals surface area contributed by atoms with Crippen molar-refractivity contribution in [2.45, 2.75) is 26.3 Å². The number of benzene rings is 1. The van der Waals surface area contributed by atoms with E-state index in [0.717, 1.165) is 10.0 Å². The summed E-state index contributed by atoms with van der Waals surface area (Å²) in [6.45, 7) is 4.87. The van der Waals surface area contributed by atoms with Gasteiger partial charge in [0.2, 0.25) is 0 Å². The van der Waals surface area contributed by atoms with Crippen LogP contribution in [0.15, 0.2) is 34.8 Å². The summed E-state index contributed by atoms with van der Waals surface area (Å²) in [5.41, 5.74) is -0.150. The number of halogens is 1. The lowest BCUT2D eigenvalue weighted by Gasteiger charge is -2.27. The summed E-state index contributed by atoms with van der Waals surface area (Å²) in [6, 6.07) is 9.44. The summed E-state index contributed by atoms with van der Waals surface area (Å²) < 4.78 is 5.81. The van der Waals surface area contributed by atoms with Crippen LogP contribution >= 0.6 is 15.9 Å². The van der Waals surface area contributed by atoms with Gasteiger partial charge in [0.05, 0.1) is 6.07 Å². The smallest absolute Gasteiger partial charge is 0.331 e. The Hall–Kier alpha value is -2.13. The first-order chi connectivity index (χ1) is 10.8. The molecule has 0 aromatic heterocycles. The molecule has 1 atom stereocenters. The van der Waals surface area contributed by atoms with E-state index in [4.69, 9.17) is 10.00 Å². The Morgan fingerprint density at radius 1 is 1.39 bits per heavy atom. The molecule has 0 saturated heterocycles. The number of carbonyl (C=O) groups excluding carboxylic acids is 2. The molecule has 6 heteroatoms. The molecule has 1 rings (SSSR count). The molecular formula is C17H19BrN2O3. The predicted octanol–water partition coefficient (Wildman–Crippen LogP) is 3.06. The molecular weight excluding hydrogens is 360 g/mol. The van der Waals surface area contributed by atoms with Crippen molar-refractivity contribution in [2.75, 3.05) is 6.61 Å². The van der Waals surface area contributed by atoms with Crippen molar-refractivity contribution in [1.29, 1.82) is 5.26 Å². The number of nitrogens with one attached hydrogen (secondary N) is 1. The number of nitrogens with zero attached hydrogens (tertiary/aromatic N) is 1. The lowest BCUT2D eigenvalue weighted by molar-refractivity contribution is -0.144. The molecule has 0 aliphatic carbocycles. The molecule has 0 spiro atoms. The van der Waals surface area contributed by atoms with Gasteiger partial charge in [0.15, 0.2) is 6.61 Å². The summed E-state index contributed by atoms with van der Waals surface area (Å²) in [5.74, 6) is -1.19. The average Bonchev–Trinajstić information content (AvgIpc) is 2.52. The number of carbonyl (C=O) groups is 2. The molecule has 5 nitrogen and oxygen atoms in total. The van der Waals surface area contributed by atoms with Crippen LogP contribution in [0.2, 0.25) is 0 Å². The Kier molecular flexibility index (Phi) is 6.98. The highest BCUT2D eigenvalue weighted by Gasteiger charge is 2.30. The maximum absolute atomic E-state index is 11.8. The summed E-state index contributed by atoms with van der Waals surface area (Å²) >= 11 is 3.32. The first kappa shape index (κ1) is 18.9. The van der Waals surface area contributed by atoms with Crippen LogP contribution in [0, 0.1) is 17.2 Å². The third kappa shape index (κ3) is 6.25. The van der Waals surface area contributed by atoms with Crippen LogP contribution < -0.4 is 5.32 Å². The van der Waals surface area contributed by atoms with Crippen molar-refractivity contribution in [3.8, 4) is 6.07 Å². The van der Waals surface area contributed by atoms with Gasteiger partial charge in [-0.25, -0.2) is 4.79 Å². The number of hydrogen-bond acceptors (Lipinski definition) is 4. The van der Waals surface area contributed by atoms with Gasteiger partial charge in [0.25, 0.3) is 5.91 Å². The first-order valence-corrected chi connectivity index (χ1v) is 7.89. The molecule has 1 amide bonds. The Balaban J connectivity index is 2.48. The molecule has 0 unspecified atom stereocenters. The molecule has 23 heavy (non-hydrogen) atoms. The largest absolute Gasteiger partial charge is 0.452 e. The number of hydrogen-bond donors (Lipinski definition) is 1. The minimum atomic E-state index is -0.989. The van der Waals surface area contributed by atoms with E-state index in [2.05, 4.69) is 27.3 Å². The van der Waals surface area contributed by atoms with Crippen LogP contribution in [0.25, 0.3) is 6.08 Å². The van der Waals surface area contributed by atoms with Crippen LogP contribution in [0.5, 0.6) is 0 Å². The highest BCUT2D eigenvalue weighted by molar-refractivity contribution is 9.10. The minimum Gasteiger partial charge on any atom is -0.452 e. The molecule has 1 aromatic carbocycles. The summed E-state index contributed by atoms with van der Waals surface area (Å²) in [6.07, 6.45) is 2.85. The highest BCUT2D eigenvalue weighted by atomic mass is 79.9. The lowest BCUT2D eigenvalue weighted by Crippen LogP contribution is -2.50. The van der Waals surface area contributed by atoms with E-state index in [0.29, 0.717) is 0 Å². The SMILES string of the molecule is CC(C)[C@](C)(C#N)NC(=O)COC(=O)/C=C/c1ccc(Br)cc1. The summed E-state index contributed by atoms with van der Waals surface area (Å²) in [5, 5.41) is 11.7.